The van der Waals surface area contributed by atoms with Crippen LogP contribution in [0.1, 0.15) is 25.7 Å². The Morgan fingerprint density at radius 3 is 2.31 bits per heavy atom. The molecule has 0 spiro atoms. The van der Waals surface area contributed by atoms with Gasteiger partial charge in [-0.15, -0.1) is 0 Å². The van der Waals surface area contributed by atoms with E-state index in [2.05, 4.69) is 42.3 Å². The molecule has 1 aromatic carbocycles. The highest BCUT2D eigenvalue weighted by Gasteiger charge is 2.23. The van der Waals surface area contributed by atoms with Gasteiger partial charge < -0.3 is 4.90 Å². The SMILES string of the molecule is CN(c1ccccc1)C1CCC(C#N)CC1. The Labute approximate surface area is 97.5 Å². The Balaban J connectivity index is 1.97. The fourth-order valence-electron chi connectivity index (χ4n) is 2.47. The van der Waals surface area contributed by atoms with Gasteiger partial charge in [0.25, 0.3) is 0 Å². The molecule has 84 valence electrons. The van der Waals surface area contributed by atoms with Gasteiger partial charge >= 0.3 is 0 Å². The topological polar surface area (TPSA) is 27.0 Å². The van der Waals surface area contributed by atoms with E-state index in [1.807, 2.05) is 6.07 Å². The standard InChI is InChI=1S/C14H18N2/c1-16(13-5-3-2-4-6-13)14-9-7-12(11-15)8-10-14/h2-6,12,14H,7-10H2,1H3. The Kier molecular flexibility index (Phi) is 3.46. The predicted molar refractivity (Wildman–Crippen MR) is 66.2 cm³/mol. The number of hydrogen-bond acceptors (Lipinski definition) is 2. The van der Waals surface area contributed by atoms with Crippen LogP contribution in [0.25, 0.3) is 0 Å². The third-order valence-corrected chi connectivity index (χ3v) is 3.59. The van der Waals surface area contributed by atoms with Crippen LogP contribution in [0.4, 0.5) is 5.69 Å². The summed E-state index contributed by atoms with van der Waals surface area (Å²) in [7, 11) is 2.16. The maximum absolute atomic E-state index is 8.87. The van der Waals surface area contributed by atoms with Crippen molar-refractivity contribution >= 4 is 5.69 Å². The smallest absolute Gasteiger partial charge is 0.0655 e. The van der Waals surface area contributed by atoms with Crippen molar-refractivity contribution in [3.63, 3.8) is 0 Å². The molecular formula is C14H18N2. The molecule has 0 heterocycles. The van der Waals surface area contributed by atoms with Crippen molar-refractivity contribution in [1.82, 2.24) is 0 Å². The first-order valence-electron chi connectivity index (χ1n) is 5.98. The molecule has 0 aromatic heterocycles. The van der Waals surface area contributed by atoms with E-state index in [9.17, 15) is 0 Å². The third kappa shape index (κ3) is 2.36. The first-order chi connectivity index (χ1) is 7.81. The highest BCUT2D eigenvalue weighted by molar-refractivity contribution is 5.46. The first-order valence-corrected chi connectivity index (χ1v) is 5.98. The van der Waals surface area contributed by atoms with Crippen LogP contribution in [0.2, 0.25) is 0 Å². The van der Waals surface area contributed by atoms with Crippen molar-refractivity contribution in [2.24, 2.45) is 5.92 Å². The number of hydrogen-bond donors (Lipinski definition) is 0. The van der Waals surface area contributed by atoms with Crippen molar-refractivity contribution in [2.45, 2.75) is 31.7 Å². The molecule has 2 rings (SSSR count). The first kappa shape index (κ1) is 11.0. The average molecular weight is 214 g/mol. The molecule has 0 atom stereocenters. The van der Waals surface area contributed by atoms with Gasteiger partial charge in [0.05, 0.1) is 6.07 Å². The molecule has 2 heteroatoms. The molecule has 0 aliphatic heterocycles. The molecular weight excluding hydrogens is 196 g/mol. The lowest BCUT2D eigenvalue weighted by Crippen LogP contribution is -2.34. The fraction of sp³-hybridized carbons (Fsp3) is 0.500. The minimum atomic E-state index is 0.292. The van der Waals surface area contributed by atoms with Gasteiger partial charge in [0.2, 0.25) is 0 Å². The van der Waals surface area contributed by atoms with Crippen LogP contribution in [0.3, 0.4) is 0 Å². The van der Waals surface area contributed by atoms with E-state index in [-0.39, 0.29) is 0 Å². The average Bonchev–Trinajstić information content (AvgIpc) is 2.39. The van der Waals surface area contributed by atoms with Crippen LogP contribution in [0.5, 0.6) is 0 Å². The van der Waals surface area contributed by atoms with Gasteiger partial charge in [-0.2, -0.15) is 5.26 Å². The largest absolute Gasteiger partial charge is 0.372 e. The number of nitriles is 1. The van der Waals surface area contributed by atoms with Crippen LogP contribution >= 0.6 is 0 Å². The molecule has 0 radical (unpaired) electrons. The van der Waals surface area contributed by atoms with Gasteiger partial charge in [0.15, 0.2) is 0 Å². The van der Waals surface area contributed by atoms with E-state index in [1.54, 1.807) is 0 Å². The van der Waals surface area contributed by atoms with Gasteiger partial charge in [-0.1, -0.05) is 18.2 Å². The molecule has 0 saturated heterocycles. The van der Waals surface area contributed by atoms with Gasteiger partial charge in [-0.05, 0) is 37.8 Å². The summed E-state index contributed by atoms with van der Waals surface area (Å²) >= 11 is 0. The van der Waals surface area contributed by atoms with E-state index in [0.717, 1.165) is 25.7 Å². The van der Waals surface area contributed by atoms with Crippen LogP contribution < -0.4 is 4.90 Å². The number of benzene rings is 1. The molecule has 1 aliphatic rings. The van der Waals surface area contributed by atoms with E-state index in [4.69, 9.17) is 5.26 Å². The summed E-state index contributed by atoms with van der Waals surface area (Å²) in [6.45, 7) is 0. The van der Waals surface area contributed by atoms with Crippen LogP contribution in [0, 0.1) is 17.2 Å². The van der Waals surface area contributed by atoms with Crippen molar-refractivity contribution in [1.29, 1.82) is 5.26 Å². The van der Waals surface area contributed by atoms with Crippen molar-refractivity contribution in [3.8, 4) is 6.07 Å². The fourth-order valence-corrected chi connectivity index (χ4v) is 2.47. The summed E-state index contributed by atoms with van der Waals surface area (Å²) in [4.78, 5) is 2.35. The minimum absolute atomic E-state index is 0.292. The maximum atomic E-state index is 8.87. The summed E-state index contributed by atoms with van der Waals surface area (Å²) in [6.07, 6.45) is 4.39. The number of anilines is 1. The summed E-state index contributed by atoms with van der Waals surface area (Å²) in [5.41, 5.74) is 1.28. The summed E-state index contributed by atoms with van der Waals surface area (Å²) in [5.74, 6) is 0.292. The molecule has 0 amide bonds. The Bertz CT molecular complexity index is 358. The maximum Gasteiger partial charge on any atom is 0.0655 e. The van der Waals surface area contributed by atoms with Crippen LogP contribution in [-0.2, 0) is 0 Å². The molecule has 2 nitrogen and oxygen atoms in total. The van der Waals surface area contributed by atoms with E-state index >= 15 is 0 Å². The molecule has 0 N–H and O–H groups in total. The lowest BCUT2D eigenvalue weighted by molar-refractivity contribution is 0.372. The highest BCUT2D eigenvalue weighted by atomic mass is 15.1. The van der Waals surface area contributed by atoms with Crippen molar-refractivity contribution in [2.75, 3.05) is 11.9 Å². The number of rotatable bonds is 2. The van der Waals surface area contributed by atoms with E-state index in [1.165, 1.54) is 5.69 Å². The monoisotopic (exact) mass is 214 g/mol. The predicted octanol–water partition coefficient (Wildman–Crippen LogP) is 3.21. The van der Waals surface area contributed by atoms with Crippen LogP contribution in [0.15, 0.2) is 30.3 Å². The second kappa shape index (κ2) is 5.03. The van der Waals surface area contributed by atoms with Crippen molar-refractivity contribution in [3.05, 3.63) is 30.3 Å². The Morgan fingerprint density at radius 1 is 1.12 bits per heavy atom. The molecule has 1 fully saturated rings. The van der Waals surface area contributed by atoms with Gasteiger partial charge in [-0.25, -0.2) is 0 Å². The molecule has 0 unspecified atom stereocenters. The zero-order valence-electron chi connectivity index (χ0n) is 9.76. The molecule has 1 saturated carbocycles. The molecule has 0 bridgehead atoms. The third-order valence-electron chi connectivity index (χ3n) is 3.59. The van der Waals surface area contributed by atoms with E-state index < -0.39 is 0 Å². The molecule has 16 heavy (non-hydrogen) atoms. The lowest BCUT2D eigenvalue weighted by atomic mass is 9.86. The zero-order chi connectivity index (χ0) is 11.4. The highest BCUT2D eigenvalue weighted by Crippen LogP contribution is 2.28. The Morgan fingerprint density at radius 2 is 1.75 bits per heavy atom. The van der Waals surface area contributed by atoms with Gasteiger partial charge in [0.1, 0.15) is 0 Å². The second-order valence-corrected chi connectivity index (χ2v) is 4.58. The van der Waals surface area contributed by atoms with Crippen LogP contribution in [-0.4, -0.2) is 13.1 Å². The van der Waals surface area contributed by atoms with E-state index in [0.29, 0.717) is 12.0 Å². The quantitative estimate of drug-likeness (QED) is 0.756. The molecule has 1 aliphatic carbocycles. The number of nitrogens with zero attached hydrogens (tertiary/aromatic N) is 2. The number of para-hydroxylation sites is 1. The second-order valence-electron chi connectivity index (χ2n) is 4.58. The summed E-state index contributed by atoms with van der Waals surface area (Å²) < 4.78 is 0. The van der Waals surface area contributed by atoms with Gasteiger partial charge in [-0.3, -0.25) is 0 Å². The molecule has 1 aromatic rings. The van der Waals surface area contributed by atoms with Gasteiger partial charge in [0, 0.05) is 24.7 Å². The zero-order valence-corrected chi connectivity index (χ0v) is 9.76. The van der Waals surface area contributed by atoms with Crippen molar-refractivity contribution < 1.29 is 0 Å². The normalized spacial score (nSPS) is 24.8. The lowest BCUT2D eigenvalue weighted by Gasteiger charge is -2.34. The summed E-state index contributed by atoms with van der Waals surface area (Å²) in [5, 5.41) is 8.87. The Hall–Kier alpha value is -1.49. The minimum Gasteiger partial charge on any atom is -0.372 e. The summed E-state index contributed by atoms with van der Waals surface area (Å²) in [6, 6.07) is 13.5.